The van der Waals surface area contributed by atoms with Crippen molar-refractivity contribution in [2.24, 2.45) is 5.41 Å². The van der Waals surface area contributed by atoms with Gasteiger partial charge in [0, 0.05) is 12.1 Å². The molecule has 104 valence electrons. The van der Waals surface area contributed by atoms with Crippen LogP contribution in [0.25, 0.3) is 0 Å². The van der Waals surface area contributed by atoms with Gasteiger partial charge in [-0.25, -0.2) is 0 Å². The number of nitrogen functional groups attached to an aromatic ring is 1. The quantitative estimate of drug-likeness (QED) is 0.828. The Bertz CT molecular complexity index is 467. The standard InChI is InChI=1S/C15H21ClN2O/c1-2-15(7-3-4-8-15)10-18-14(19)11-5-6-12(16)13(17)9-11/h5-6,9H,2-4,7-8,10,17H2,1H3,(H,18,19). The zero-order valence-electron chi connectivity index (χ0n) is 11.3. The van der Waals surface area contributed by atoms with Gasteiger partial charge >= 0.3 is 0 Å². The molecule has 0 aliphatic heterocycles. The van der Waals surface area contributed by atoms with Crippen LogP contribution in [0.15, 0.2) is 18.2 Å². The fourth-order valence-corrected chi connectivity index (χ4v) is 2.95. The molecule has 0 bridgehead atoms. The van der Waals surface area contributed by atoms with Crippen molar-refractivity contribution < 1.29 is 4.79 Å². The average molecular weight is 281 g/mol. The lowest BCUT2D eigenvalue weighted by atomic mass is 9.83. The van der Waals surface area contributed by atoms with Crippen LogP contribution in [-0.4, -0.2) is 12.5 Å². The van der Waals surface area contributed by atoms with E-state index in [4.69, 9.17) is 17.3 Å². The minimum absolute atomic E-state index is 0.0666. The number of carbonyl (C=O) groups excluding carboxylic acids is 1. The molecule has 0 heterocycles. The zero-order chi connectivity index (χ0) is 13.9. The van der Waals surface area contributed by atoms with E-state index in [1.807, 2.05) is 0 Å². The molecule has 1 saturated carbocycles. The molecule has 1 amide bonds. The van der Waals surface area contributed by atoms with E-state index in [1.54, 1.807) is 18.2 Å². The molecule has 1 fully saturated rings. The Labute approximate surface area is 119 Å². The van der Waals surface area contributed by atoms with E-state index in [0.29, 0.717) is 21.7 Å². The van der Waals surface area contributed by atoms with Gasteiger partial charge in [0.2, 0.25) is 0 Å². The number of carbonyl (C=O) groups is 1. The van der Waals surface area contributed by atoms with E-state index in [9.17, 15) is 4.79 Å². The number of hydrogen-bond donors (Lipinski definition) is 2. The molecule has 1 aliphatic carbocycles. The van der Waals surface area contributed by atoms with Crippen molar-refractivity contribution in [1.82, 2.24) is 5.32 Å². The normalized spacial score (nSPS) is 17.4. The van der Waals surface area contributed by atoms with E-state index in [0.717, 1.165) is 13.0 Å². The van der Waals surface area contributed by atoms with Gasteiger partial charge in [0.25, 0.3) is 5.91 Å². The molecule has 0 aromatic heterocycles. The predicted molar refractivity (Wildman–Crippen MR) is 79.4 cm³/mol. The van der Waals surface area contributed by atoms with Crippen LogP contribution in [0.3, 0.4) is 0 Å². The summed E-state index contributed by atoms with van der Waals surface area (Å²) in [4.78, 5) is 12.1. The van der Waals surface area contributed by atoms with Crippen molar-refractivity contribution in [3.63, 3.8) is 0 Å². The van der Waals surface area contributed by atoms with E-state index in [1.165, 1.54) is 25.7 Å². The number of halogens is 1. The van der Waals surface area contributed by atoms with Gasteiger partial charge in [-0.3, -0.25) is 4.79 Å². The average Bonchev–Trinajstić information content (AvgIpc) is 2.89. The predicted octanol–water partition coefficient (Wildman–Crippen LogP) is 3.62. The Kier molecular flexibility index (Phi) is 4.35. The summed E-state index contributed by atoms with van der Waals surface area (Å²) in [6.07, 6.45) is 6.10. The fraction of sp³-hybridized carbons (Fsp3) is 0.533. The molecule has 3 N–H and O–H groups in total. The van der Waals surface area contributed by atoms with Gasteiger partial charge in [0.15, 0.2) is 0 Å². The maximum atomic E-state index is 12.1. The second-order valence-electron chi connectivity index (χ2n) is 5.48. The SMILES string of the molecule is CCC1(CNC(=O)c2ccc(Cl)c(N)c2)CCCC1. The fourth-order valence-electron chi connectivity index (χ4n) is 2.84. The first-order chi connectivity index (χ1) is 9.06. The van der Waals surface area contributed by atoms with Gasteiger partial charge in [-0.05, 0) is 42.9 Å². The molecule has 0 saturated heterocycles. The molecule has 1 aliphatic rings. The third-order valence-electron chi connectivity index (χ3n) is 4.30. The Balaban J connectivity index is 1.99. The van der Waals surface area contributed by atoms with Gasteiger partial charge < -0.3 is 11.1 Å². The van der Waals surface area contributed by atoms with E-state index in [2.05, 4.69) is 12.2 Å². The minimum Gasteiger partial charge on any atom is -0.398 e. The molecular formula is C15H21ClN2O. The highest BCUT2D eigenvalue weighted by Crippen LogP contribution is 2.40. The van der Waals surface area contributed by atoms with Gasteiger partial charge in [0.1, 0.15) is 0 Å². The molecule has 0 spiro atoms. The van der Waals surface area contributed by atoms with E-state index in [-0.39, 0.29) is 5.91 Å². The second-order valence-corrected chi connectivity index (χ2v) is 5.89. The van der Waals surface area contributed by atoms with Crippen LogP contribution in [0, 0.1) is 5.41 Å². The lowest BCUT2D eigenvalue weighted by Gasteiger charge is -2.27. The third kappa shape index (κ3) is 3.21. The highest BCUT2D eigenvalue weighted by atomic mass is 35.5. The van der Waals surface area contributed by atoms with Crippen molar-refractivity contribution in [3.8, 4) is 0 Å². The molecule has 1 aromatic rings. The molecule has 19 heavy (non-hydrogen) atoms. The first-order valence-corrected chi connectivity index (χ1v) is 7.27. The van der Waals surface area contributed by atoms with E-state index < -0.39 is 0 Å². The van der Waals surface area contributed by atoms with Crippen molar-refractivity contribution in [1.29, 1.82) is 0 Å². The number of nitrogens with two attached hydrogens (primary N) is 1. The molecule has 1 aromatic carbocycles. The summed E-state index contributed by atoms with van der Waals surface area (Å²) in [6, 6.07) is 5.00. The Morgan fingerprint density at radius 3 is 2.68 bits per heavy atom. The zero-order valence-corrected chi connectivity index (χ0v) is 12.1. The third-order valence-corrected chi connectivity index (χ3v) is 4.64. The maximum absolute atomic E-state index is 12.1. The summed E-state index contributed by atoms with van der Waals surface area (Å²) in [5, 5.41) is 3.53. The number of anilines is 1. The largest absolute Gasteiger partial charge is 0.398 e. The van der Waals surface area contributed by atoms with Crippen LogP contribution in [0.2, 0.25) is 5.02 Å². The van der Waals surface area contributed by atoms with Crippen molar-refractivity contribution in [3.05, 3.63) is 28.8 Å². The summed E-state index contributed by atoms with van der Waals surface area (Å²) in [5.41, 5.74) is 7.04. The lowest BCUT2D eigenvalue weighted by molar-refractivity contribution is 0.0929. The second kappa shape index (κ2) is 5.83. The first-order valence-electron chi connectivity index (χ1n) is 6.89. The van der Waals surface area contributed by atoms with Crippen LogP contribution in [0.5, 0.6) is 0 Å². The smallest absolute Gasteiger partial charge is 0.251 e. The monoisotopic (exact) mass is 280 g/mol. The minimum atomic E-state index is -0.0666. The Morgan fingerprint density at radius 1 is 1.42 bits per heavy atom. The lowest BCUT2D eigenvalue weighted by Crippen LogP contribution is -2.35. The molecule has 0 unspecified atom stereocenters. The van der Waals surface area contributed by atoms with Crippen LogP contribution in [-0.2, 0) is 0 Å². The van der Waals surface area contributed by atoms with Gasteiger partial charge in [-0.2, -0.15) is 0 Å². The molecule has 0 radical (unpaired) electrons. The molecule has 4 heteroatoms. The number of hydrogen-bond acceptors (Lipinski definition) is 2. The highest BCUT2D eigenvalue weighted by Gasteiger charge is 2.32. The number of nitrogens with one attached hydrogen (secondary N) is 1. The highest BCUT2D eigenvalue weighted by molar-refractivity contribution is 6.33. The Hall–Kier alpha value is -1.22. The maximum Gasteiger partial charge on any atom is 0.251 e. The molecule has 3 nitrogen and oxygen atoms in total. The summed E-state index contributed by atoms with van der Waals surface area (Å²) in [7, 11) is 0. The van der Waals surface area contributed by atoms with Crippen LogP contribution in [0.4, 0.5) is 5.69 Å². The van der Waals surface area contributed by atoms with Crippen LogP contribution >= 0.6 is 11.6 Å². The van der Waals surface area contributed by atoms with Crippen LogP contribution < -0.4 is 11.1 Å². The van der Waals surface area contributed by atoms with Gasteiger partial charge in [0.05, 0.1) is 10.7 Å². The first kappa shape index (κ1) is 14.2. The Morgan fingerprint density at radius 2 is 2.11 bits per heavy atom. The van der Waals surface area contributed by atoms with Crippen LogP contribution in [0.1, 0.15) is 49.4 Å². The summed E-state index contributed by atoms with van der Waals surface area (Å²) in [5.74, 6) is -0.0666. The summed E-state index contributed by atoms with van der Waals surface area (Å²) < 4.78 is 0. The van der Waals surface area contributed by atoms with Crippen molar-refractivity contribution >= 4 is 23.2 Å². The van der Waals surface area contributed by atoms with Crippen molar-refractivity contribution in [2.45, 2.75) is 39.0 Å². The molecular weight excluding hydrogens is 260 g/mol. The van der Waals surface area contributed by atoms with Gasteiger partial charge in [-0.15, -0.1) is 0 Å². The molecule has 0 atom stereocenters. The molecule has 2 rings (SSSR count). The summed E-state index contributed by atoms with van der Waals surface area (Å²) in [6.45, 7) is 2.96. The van der Waals surface area contributed by atoms with Gasteiger partial charge in [-0.1, -0.05) is 31.4 Å². The number of amides is 1. The van der Waals surface area contributed by atoms with E-state index >= 15 is 0 Å². The number of benzene rings is 1. The van der Waals surface area contributed by atoms with Crippen molar-refractivity contribution in [2.75, 3.05) is 12.3 Å². The number of rotatable bonds is 4. The summed E-state index contributed by atoms with van der Waals surface area (Å²) >= 11 is 5.85. The topological polar surface area (TPSA) is 55.1 Å².